The molecule has 0 spiro atoms. The fourth-order valence-electron chi connectivity index (χ4n) is 1.96. The Morgan fingerprint density at radius 1 is 1.29 bits per heavy atom. The molecular weight excluding hydrogens is 178 g/mol. The Morgan fingerprint density at radius 2 is 1.71 bits per heavy atom. The molecule has 0 radical (unpaired) electrons. The van der Waals surface area contributed by atoms with Gasteiger partial charge < -0.3 is 10.8 Å². The number of hydrogen-bond acceptors (Lipinski definition) is 2. The minimum atomic E-state index is -0.820. The number of aliphatic carboxylic acids is 1. The van der Waals surface area contributed by atoms with E-state index in [0.29, 0.717) is 0 Å². The Bertz CT molecular complexity index is 204. The second kappa shape index (κ2) is 4.30. The van der Waals surface area contributed by atoms with Gasteiger partial charge in [0.15, 0.2) is 0 Å². The van der Waals surface area contributed by atoms with Crippen molar-refractivity contribution in [3.63, 3.8) is 0 Å². The van der Waals surface area contributed by atoms with Crippen LogP contribution >= 0.6 is 0 Å². The van der Waals surface area contributed by atoms with E-state index in [-0.39, 0.29) is 23.3 Å². The van der Waals surface area contributed by atoms with Gasteiger partial charge in [0.25, 0.3) is 0 Å². The second-order valence-electron chi connectivity index (χ2n) is 5.93. The summed E-state index contributed by atoms with van der Waals surface area (Å²) >= 11 is 0. The molecule has 0 rings (SSSR count). The molecule has 0 aliphatic carbocycles. The molecule has 0 fully saturated rings. The Morgan fingerprint density at radius 3 is 2.00 bits per heavy atom. The van der Waals surface area contributed by atoms with Crippen LogP contribution in [0.25, 0.3) is 0 Å². The molecule has 3 nitrogen and oxygen atoms in total. The molecule has 0 saturated heterocycles. The fraction of sp³-hybridized carbons (Fsp3) is 0.909. The highest BCUT2D eigenvalue weighted by molar-refractivity contribution is 5.67. The Kier molecular flexibility index (Phi) is 4.13. The van der Waals surface area contributed by atoms with Crippen molar-refractivity contribution < 1.29 is 9.90 Å². The van der Waals surface area contributed by atoms with E-state index < -0.39 is 5.97 Å². The molecule has 1 atom stereocenters. The lowest BCUT2D eigenvalue weighted by Gasteiger charge is -2.36. The zero-order valence-electron chi connectivity index (χ0n) is 9.92. The zero-order chi connectivity index (χ0) is 11.6. The third kappa shape index (κ3) is 5.22. The summed E-state index contributed by atoms with van der Waals surface area (Å²) in [6.07, 6.45) is 0.970. The van der Waals surface area contributed by atoms with E-state index in [4.69, 9.17) is 10.8 Å². The van der Waals surface area contributed by atoms with Gasteiger partial charge >= 0.3 is 5.97 Å². The highest BCUT2D eigenvalue weighted by Gasteiger charge is 2.32. The summed E-state index contributed by atoms with van der Waals surface area (Å²) < 4.78 is 0. The van der Waals surface area contributed by atoms with Crippen LogP contribution in [-0.4, -0.2) is 17.1 Å². The van der Waals surface area contributed by atoms with Gasteiger partial charge in [0.2, 0.25) is 0 Å². The number of carboxylic acid groups (broad SMARTS) is 1. The first-order chi connectivity index (χ1) is 6.04. The van der Waals surface area contributed by atoms with Gasteiger partial charge in [-0.2, -0.15) is 0 Å². The minimum absolute atomic E-state index is 0.0447. The standard InChI is InChI=1S/C11H23NO2/c1-10(2,3)7-11(4,5)8(12)6-9(13)14/h8H,6-7,12H2,1-5H3,(H,13,14)/t8-/m0/s1. The van der Waals surface area contributed by atoms with Crippen molar-refractivity contribution in [3.8, 4) is 0 Å². The summed E-state index contributed by atoms with van der Waals surface area (Å²) in [5.41, 5.74) is 5.93. The van der Waals surface area contributed by atoms with Crippen LogP contribution in [0.2, 0.25) is 0 Å². The predicted molar refractivity (Wildman–Crippen MR) is 58.1 cm³/mol. The van der Waals surface area contributed by atoms with Crippen LogP contribution in [0.1, 0.15) is 47.5 Å². The molecule has 14 heavy (non-hydrogen) atoms. The van der Waals surface area contributed by atoms with Gasteiger partial charge in [-0.25, -0.2) is 0 Å². The van der Waals surface area contributed by atoms with Crippen LogP contribution in [0.5, 0.6) is 0 Å². The number of carbonyl (C=O) groups is 1. The van der Waals surface area contributed by atoms with Crippen LogP contribution in [-0.2, 0) is 4.79 Å². The maximum atomic E-state index is 10.5. The average Bonchev–Trinajstić information content (AvgIpc) is 1.78. The van der Waals surface area contributed by atoms with Crippen LogP contribution in [0.3, 0.4) is 0 Å². The molecular formula is C11H23NO2. The molecule has 0 bridgehead atoms. The zero-order valence-corrected chi connectivity index (χ0v) is 9.92. The fourth-order valence-corrected chi connectivity index (χ4v) is 1.96. The van der Waals surface area contributed by atoms with E-state index in [1.807, 2.05) is 13.8 Å². The summed E-state index contributed by atoms with van der Waals surface area (Å²) in [5, 5.41) is 8.67. The summed E-state index contributed by atoms with van der Waals surface area (Å²) in [6.45, 7) is 10.5. The molecule has 0 aromatic carbocycles. The summed E-state index contributed by atoms with van der Waals surface area (Å²) in [5.74, 6) is -0.820. The monoisotopic (exact) mass is 201 g/mol. The smallest absolute Gasteiger partial charge is 0.304 e. The van der Waals surface area contributed by atoms with E-state index in [1.54, 1.807) is 0 Å². The number of rotatable bonds is 4. The molecule has 0 amide bonds. The van der Waals surface area contributed by atoms with E-state index >= 15 is 0 Å². The van der Waals surface area contributed by atoms with Gasteiger partial charge in [-0.15, -0.1) is 0 Å². The molecule has 0 saturated carbocycles. The molecule has 0 aromatic rings. The summed E-state index contributed by atoms with van der Waals surface area (Å²) in [7, 11) is 0. The van der Waals surface area contributed by atoms with Crippen molar-refractivity contribution in [1.82, 2.24) is 0 Å². The molecule has 0 heterocycles. The molecule has 0 aliphatic heterocycles. The topological polar surface area (TPSA) is 63.3 Å². The van der Waals surface area contributed by atoms with Crippen molar-refractivity contribution in [2.75, 3.05) is 0 Å². The lowest BCUT2D eigenvalue weighted by Crippen LogP contribution is -2.41. The highest BCUT2D eigenvalue weighted by atomic mass is 16.4. The van der Waals surface area contributed by atoms with E-state index in [1.165, 1.54) is 0 Å². The third-order valence-corrected chi connectivity index (χ3v) is 2.38. The van der Waals surface area contributed by atoms with Crippen LogP contribution in [0.15, 0.2) is 0 Å². The summed E-state index contributed by atoms with van der Waals surface area (Å²) in [4.78, 5) is 10.5. The number of nitrogens with two attached hydrogens (primary N) is 1. The molecule has 84 valence electrons. The van der Waals surface area contributed by atoms with E-state index in [0.717, 1.165) is 6.42 Å². The maximum Gasteiger partial charge on any atom is 0.304 e. The molecule has 0 unspecified atom stereocenters. The second-order valence-corrected chi connectivity index (χ2v) is 5.93. The lowest BCUT2D eigenvalue weighted by atomic mass is 9.71. The van der Waals surface area contributed by atoms with Crippen molar-refractivity contribution in [1.29, 1.82) is 0 Å². The van der Waals surface area contributed by atoms with E-state index in [2.05, 4.69) is 20.8 Å². The first-order valence-electron chi connectivity index (χ1n) is 5.02. The van der Waals surface area contributed by atoms with Crippen LogP contribution in [0, 0.1) is 10.8 Å². The first-order valence-corrected chi connectivity index (χ1v) is 5.02. The van der Waals surface area contributed by atoms with Gasteiger partial charge in [-0.05, 0) is 17.3 Å². The van der Waals surface area contributed by atoms with Gasteiger partial charge in [0, 0.05) is 6.04 Å². The Labute approximate surface area is 86.7 Å². The molecule has 3 N–H and O–H groups in total. The Balaban J connectivity index is 4.37. The lowest BCUT2D eigenvalue weighted by molar-refractivity contribution is -0.138. The third-order valence-electron chi connectivity index (χ3n) is 2.38. The van der Waals surface area contributed by atoms with Crippen molar-refractivity contribution in [3.05, 3.63) is 0 Å². The molecule has 3 heteroatoms. The number of hydrogen-bond donors (Lipinski definition) is 2. The largest absolute Gasteiger partial charge is 0.481 e. The van der Waals surface area contributed by atoms with Gasteiger partial charge in [0.05, 0.1) is 6.42 Å². The van der Waals surface area contributed by atoms with Crippen LogP contribution < -0.4 is 5.73 Å². The predicted octanol–water partition coefficient (Wildman–Crippen LogP) is 2.25. The molecule has 0 aliphatic rings. The van der Waals surface area contributed by atoms with Crippen molar-refractivity contribution in [2.24, 2.45) is 16.6 Å². The van der Waals surface area contributed by atoms with Gasteiger partial charge in [-0.1, -0.05) is 34.6 Å². The number of carboxylic acids is 1. The highest BCUT2D eigenvalue weighted by Crippen LogP contribution is 2.35. The van der Waals surface area contributed by atoms with Crippen LogP contribution in [0.4, 0.5) is 0 Å². The quantitative estimate of drug-likeness (QED) is 0.733. The SMILES string of the molecule is CC(C)(C)CC(C)(C)[C@@H](N)CC(=O)O. The normalized spacial score (nSPS) is 15.3. The minimum Gasteiger partial charge on any atom is -0.481 e. The van der Waals surface area contributed by atoms with E-state index in [9.17, 15) is 4.79 Å². The van der Waals surface area contributed by atoms with Gasteiger partial charge in [-0.3, -0.25) is 4.79 Å². The maximum absolute atomic E-state index is 10.5. The van der Waals surface area contributed by atoms with Gasteiger partial charge in [0.1, 0.15) is 0 Å². The first kappa shape index (κ1) is 13.4. The molecule has 0 aromatic heterocycles. The van der Waals surface area contributed by atoms with Crippen molar-refractivity contribution >= 4 is 5.97 Å². The average molecular weight is 201 g/mol. The Hall–Kier alpha value is -0.570. The van der Waals surface area contributed by atoms with Crippen molar-refractivity contribution in [2.45, 2.75) is 53.5 Å². The summed E-state index contributed by atoms with van der Waals surface area (Å²) in [6, 6.07) is -0.278.